The molecule has 3 fully saturated rings. The van der Waals surface area contributed by atoms with E-state index in [0.717, 1.165) is 43.4 Å². The first-order chi connectivity index (χ1) is 9.42. The quantitative estimate of drug-likeness (QED) is 0.809. The summed E-state index contributed by atoms with van der Waals surface area (Å²) in [5, 5.41) is 8.80. The first kappa shape index (κ1) is 15.8. The number of hydrogen-bond acceptors (Lipinski definition) is 2. The second-order valence-electron chi connectivity index (χ2n) is 7.62. The van der Waals surface area contributed by atoms with Crippen LogP contribution in [0.5, 0.6) is 0 Å². The average Bonchev–Trinajstić information content (AvgIpc) is 3.02. The van der Waals surface area contributed by atoms with Crippen LogP contribution in [0.2, 0.25) is 0 Å². The molecule has 0 amide bonds. The molecule has 0 saturated heterocycles. The van der Waals surface area contributed by atoms with Crippen molar-refractivity contribution in [2.24, 2.45) is 28.9 Å². The standard InChI is InChI=1S/C9H17N.C8H14O2/c1-6(10)9-5-7-2-3-8(9)4-7;1-8(7(9)10)5-3-2-4-6-8/h6-9H,2-5,10H2,1H3;2-6H2,1H3,(H,9,10). The molecule has 0 aromatic rings. The third kappa shape index (κ3) is 3.55. The normalized spacial score (nSPS) is 36.0. The highest BCUT2D eigenvalue weighted by Crippen LogP contribution is 2.49. The van der Waals surface area contributed by atoms with Gasteiger partial charge in [0.05, 0.1) is 5.41 Å². The Hall–Kier alpha value is -0.570. The molecule has 0 aromatic carbocycles. The summed E-state index contributed by atoms with van der Waals surface area (Å²) in [5.74, 6) is 2.32. The minimum Gasteiger partial charge on any atom is -0.481 e. The third-order valence-corrected chi connectivity index (χ3v) is 5.94. The SMILES string of the molecule is CC(N)C1CC2CCC1C2.CC1(C(=O)O)CCCCC1. The fourth-order valence-corrected chi connectivity index (χ4v) is 4.48. The van der Waals surface area contributed by atoms with Crippen LogP contribution in [0, 0.1) is 23.2 Å². The van der Waals surface area contributed by atoms with Crippen LogP contribution < -0.4 is 5.73 Å². The Morgan fingerprint density at radius 3 is 2.15 bits per heavy atom. The summed E-state index contributed by atoms with van der Waals surface area (Å²) in [6.45, 7) is 4.03. The van der Waals surface area contributed by atoms with E-state index >= 15 is 0 Å². The van der Waals surface area contributed by atoms with Gasteiger partial charge in [0, 0.05) is 6.04 Å². The number of fused-ring (bicyclic) bond motifs is 2. The van der Waals surface area contributed by atoms with Crippen molar-refractivity contribution in [2.75, 3.05) is 0 Å². The van der Waals surface area contributed by atoms with Gasteiger partial charge in [-0.1, -0.05) is 25.7 Å². The Balaban J connectivity index is 0.000000147. The van der Waals surface area contributed by atoms with Crippen molar-refractivity contribution < 1.29 is 9.90 Å². The van der Waals surface area contributed by atoms with Crippen LogP contribution in [-0.2, 0) is 4.79 Å². The Morgan fingerprint density at radius 2 is 1.85 bits per heavy atom. The molecular formula is C17H31NO2. The van der Waals surface area contributed by atoms with Gasteiger partial charge in [-0.15, -0.1) is 0 Å². The van der Waals surface area contributed by atoms with Crippen molar-refractivity contribution in [3.63, 3.8) is 0 Å². The summed E-state index contributed by atoms with van der Waals surface area (Å²) in [7, 11) is 0. The Kier molecular flexibility index (Phi) is 5.11. The van der Waals surface area contributed by atoms with Crippen molar-refractivity contribution in [3.8, 4) is 0 Å². The number of hydrogen-bond donors (Lipinski definition) is 2. The van der Waals surface area contributed by atoms with Crippen molar-refractivity contribution in [1.29, 1.82) is 0 Å². The highest BCUT2D eigenvalue weighted by molar-refractivity contribution is 5.74. The second kappa shape index (κ2) is 6.46. The number of carboxylic acids is 1. The van der Waals surface area contributed by atoms with Crippen molar-refractivity contribution in [2.45, 2.75) is 77.7 Å². The monoisotopic (exact) mass is 281 g/mol. The van der Waals surface area contributed by atoms with Gasteiger partial charge in [0.15, 0.2) is 0 Å². The molecule has 0 heterocycles. The van der Waals surface area contributed by atoms with Gasteiger partial charge in [-0.25, -0.2) is 0 Å². The van der Waals surface area contributed by atoms with Crippen LogP contribution in [0.4, 0.5) is 0 Å². The molecule has 0 spiro atoms. The number of rotatable bonds is 2. The van der Waals surface area contributed by atoms with Gasteiger partial charge in [0.2, 0.25) is 0 Å². The van der Waals surface area contributed by atoms with Gasteiger partial charge in [0.25, 0.3) is 0 Å². The molecule has 116 valence electrons. The predicted octanol–water partition coefficient (Wildman–Crippen LogP) is 3.81. The van der Waals surface area contributed by atoms with Gasteiger partial charge < -0.3 is 10.8 Å². The summed E-state index contributed by atoms with van der Waals surface area (Å²) in [6.07, 6.45) is 11.0. The van der Waals surface area contributed by atoms with Gasteiger partial charge in [0.1, 0.15) is 0 Å². The second-order valence-corrected chi connectivity index (χ2v) is 7.62. The lowest BCUT2D eigenvalue weighted by Crippen LogP contribution is -2.30. The van der Waals surface area contributed by atoms with Crippen molar-refractivity contribution >= 4 is 5.97 Å². The molecule has 2 bridgehead atoms. The fourth-order valence-electron chi connectivity index (χ4n) is 4.48. The maximum atomic E-state index is 10.7. The summed E-state index contributed by atoms with van der Waals surface area (Å²) in [5.41, 5.74) is 5.48. The highest BCUT2D eigenvalue weighted by Gasteiger charge is 2.40. The van der Waals surface area contributed by atoms with E-state index in [1.807, 2.05) is 6.92 Å². The minimum absolute atomic E-state index is 0.405. The average molecular weight is 281 g/mol. The van der Waals surface area contributed by atoms with E-state index in [-0.39, 0.29) is 0 Å². The molecule has 0 radical (unpaired) electrons. The van der Waals surface area contributed by atoms with E-state index in [2.05, 4.69) is 6.92 Å². The topological polar surface area (TPSA) is 63.3 Å². The molecule has 3 aliphatic carbocycles. The fraction of sp³-hybridized carbons (Fsp3) is 0.941. The van der Waals surface area contributed by atoms with Gasteiger partial charge in [-0.2, -0.15) is 0 Å². The van der Waals surface area contributed by atoms with Crippen LogP contribution in [0.3, 0.4) is 0 Å². The molecule has 3 heteroatoms. The summed E-state index contributed by atoms with van der Waals surface area (Å²) in [6, 6.07) is 0.454. The molecular weight excluding hydrogens is 250 g/mol. The van der Waals surface area contributed by atoms with Crippen molar-refractivity contribution in [1.82, 2.24) is 0 Å². The number of carboxylic acid groups (broad SMARTS) is 1. The number of aliphatic carboxylic acids is 1. The van der Waals surface area contributed by atoms with E-state index in [9.17, 15) is 4.79 Å². The minimum atomic E-state index is -0.618. The first-order valence-corrected chi connectivity index (χ1v) is 8.41. The molecule has 3 rings (SSSR count). The smallest absolute Gasteiger partial charge is 0.309 e. The predicted molar refractivity (Wildman–Crippen MR) is 81.4 cm³/mol. The highest BCUT2D eigenvalue weighted by atomic mass is 16.4. The van der Waals surface area contributed by atoms with Gasteiger partial charge in [-0.3, -0.25) is 4.79 Å². The molecule has 20 heavy (non-hydrogen) atoms. The molecule has 3 nitrogen and oxygen atoms in total. The molecule has 4 unspecified atom stereocenters. The summed E-state index contributed by atoms with van der Waals surface area (Å²) >= 11 is 0. The molecule has 4 atom stereocenters. The number of carbonyl (C=O) groups is 1. The molecule has 0 aliphatic heterocycles. The zero-order valence-corrected chi connectivity index (χ0v) is 13.1. The Labute approximate surface area is 123 Å². The van der Waals surface area contributed by atoms with Gasteiger partial charge >= 0.3 is 5.97 Å². The molecule has 3 saturated carbocycles. The van der Waals surface area contributed by atoms with E-state index in [4.69, 9.17) is 10.8 Å². The molecule has 0 aromatic heterocycles. The van der Waals surface area contributed by atoms with Crippen LogP contribution in [0.15, 0.2) is 0 Å². The van der Waals surface area contributed by atoms with Crippen LogP contribution in [0.25, 0.3) is 0 Å². The zero-order chi connectivity index (χ0) is 14.8. The molecule has 3 aliphatic rings. The Morgan fingerprint density at radius 1 is 1.20 bits per heavy atom. The van der Waals surface area contributed by atoms with Crippen LogP contribution in [0.1, 0.15) is 71.6 Å². The van der Waals surface area contributed by atoms with Gasteiger partial charge in [-0.05, 0) is 63.7 Å². The molecule has 3 N–H and O–H groups in total. The largest absolute Gasteiger partial charge is 0.481 e. The van der Waals surface area contributed by atoms with E-state index < -0.39 is 11.4 Å². The lowest BCUT2D eigenvalue weighted by molar-refractivity contribution is -0.149. The lowest BCUT2D eigenvalue weighted by Gasteiger charge is -2.28. The van der Waals surface area contributed by atoms with E-state index in [0.29, 0.717) is 6.04 Å². The number of nitrogens with two attached hydrogens (primary N) is 1. The summed E-state index contributed by atoms with van der Waals surface area (Å²) in [4.78, 5) is 10.7. The zero-order valence-electron chi connectivity index (χ0n) is 13.1. The maximum absolute atomic E-state index is 10.7. The first-order valence-electron chi connectivity index (χ1n) is 8.41. The summed E-state index contributed by atoms with van der Waals surface area (Å²) < 4.78 is 0. The van der Waals surface area contributed by atoms with Crippen LogP contribution >= 0.6 is 0 Å². The van der Waals surface area contributed by atoms with E-state index in [1.165, 1.54) is 32.1 Å². The maximum Gasteiger partial charge on any atom is 0.309 e. The lowest BCUT2D eigenvalue weighted by atomic mass is 9.76. The van der Waals surface area contributed by atoms with Crippen molar-refractivity contribution in [3.05, 3.63) is 0 Å². The Bertz CT molecular complexity index is 334. The van der Waals surface area contributed by atoms with Crippen LogP contribution in [-0.4, -0.2) is 17.1 Å². The third-order valence-electron chi connectivity index (χ3n) is 5.94. The van der Waals surface area contributed by atoms with E-state index in [1.54, 1.807) is 0 Å².